The van der Waals surface area contributed by atoms with Gasteiger partial charge in [0.05, 0.1) is 16.6 Å². The van der Waals surface area contributed by atoms with Crippen LogP contribution in [0.25, 0.3) is 0 Å². The van der Waals surface area contributed by atoms with Crippen molar-refractivity contribution < 1.29 is 9.53 Å². The normalized spacial score (nSPS) is 23.0. The fourth-order valence-electron chi connectivity index (χ4n) is 2.63. The minimum Gasteiger partial charge on any atom is -0.489 e. The maximum Gasteiger partial charge on any atom is 0.254 e. The summed E-state index contributed by atoms with van der Waals surface area (Å²) in [5.74, 6) is 0.257. The molecule has 0 saturated heterocycles. The van der Waals surface area contributed by atoms with Crippen molar-refractivity contribution in [1.82, 2.24) is 9.88 Å². The van der Waals surface area contributed by atoms with E-state index in [1.807, 2.05) is 0 Å². The molecule has 0 aromatic carbocycles. The molecule has 0 bridgehead atoms. The zero-order valence-electron chi connectivity index (χ0n) is 12.8. The first kappa shape index (κ1) is 17.0. The van der Waals surface area contributed by atoms with E-state index in [9.17, 15) is 9.59 Å². The number of ether oxygens (including phenoxy) is 1. The number of amides is 1. The summed E-state index contributed by atoms with van der Waals surface area (Å²) in [4.78, 5) is 22.8. The van der Waals surface area contributed by atoms with Gasteiger partial charge in [-0.3, -0.25) is 9.59 Å². The van der Waals surface area contributed by atoms with Crippen molar-refractivity contribution in [3.63, 3.8) is 0 Å². The lowest BCUT2D eigenvalue weighted by Crippen LogP contribution is -2.46. The van der Waals surface area contributed by atoms with Crippen LogP contribution in [0.2, 0.25) is 0 Å². The molecular formula is C15H22BrN3O3. The van der Waals surface area contributed by atoms with Crippen LogP contribution in [0.5, 0.6) is 5.75 Å². The number of halogens is 1. The maximum absolute atomic E-state index is 11.7. The summed E-state index contributed by atoms with van der Waals surface area (Å²) in [5.41, 5.74) is 5.17. The molecule has 3 N–H and O–H groups in total. The monoisotopic (exact) mass is 371 g/mol. The molecule has 22 heavy (non-hydrogen) atoms. The van der Waals surface area contributed by atoms with Gasteiger partial charge in [0.25, 0.3) is 5.56 Å². The lowest BCUT2D eigenvalue weighted by atomic mass is 9.92. The van der Waals surface area contributed by atoms with Crippen molar-refractivity contribution in [2.75, 3.05) is 0 Å². The van der Waals surface area contributed by atoms with E-state index >= 15 is 0 Å². The van der Waals surface area contributed by atoms with Gasteiger partial charge in [0.15, 0.2) is 0 Å². The molecule has 1 unspecified atom stereocenters. The molecule has 0 spiro atoms. The highest BCUT2D eigenvalue weighted by molar-refractivity contribution is 9.10. The molecule has 1 aliphatic carbocycles. The second-order valence-electron chi connectivity index (χ2n) is 5.82. The van der Waals surface area contributed by atoms with Crippen molar-refractivity contribution in [1.29, 1.82) is 0 Å². The first-order valence-corrected chi connectivity index (χ1v) is 8.24. The van der Waals surface area contributed by atoms with Gasteiger partial charge in [-0.15, -0.1) is 0 Å². The standard InChI is InChI=1S/C15H22BrN3O3/c1-9(15(17)21)18-10-3-5-11(6-4-10)22-13-7-14(20)19(2)8-12(13)16/h7-11,18H,3-6H2,1-2H3,(H2,17,21). The van der Waals surface area contributed by atoms with E-state index in [1.165, 1.54) is 10.6 Å². The number of hydrogen-bond donors (Lipinski definition) is 2. The smallest absolute Gasteiger partial charge is 0.254 e. The fourth-order valence-corrected chi connectivity index (χ4v) is 3.15. The van der Waals surface area contributed by atoms with Crippen LogP contribution < -0.4 is 21.3 Å². The molecule has 6 nitrogen and oxygen atoms in total. The van der Waals surface area contributed by atoms with E-state index in [0.29, 0.717) is 5.75 Å². The summed E-state index contributed by atoms with van der Waals surface area (Å²) in [5, 5.41) is 3.24. The van der Waals surface area contributed by atoms with Crippen LogP contribution >= 0.6 is 15.9 Å². The number of aryl methyl sites for hydroxylation is 1. The van der Waals surface area contributed by atoms with E-state index < -0.39 is 0 Å². The van der Waals surface area contributed by atoms with Gasteiger partial charge >= 0.3 is 0 Å². The van der Waals surface area contributed by atoms with E-state index in [-0.39, 0.29) is 29.7 Å². The molecule has 122 valence electrons. The van der Waals surface area contributed by atoms with Crippen molar-refractivity contribution in [2.45, 2.75) is 50.8 Å². The number of rotatable bonds is 5. The molecule has 1 aromatic rings. The Bertz CT molecular complexity index is 594. The first-order chi connectivity index (χ1) is 10.4. The Morgan fingerprint density at radius 1 is 1.45 bits per heavy atom. The summed E-state index contributed by atoms with van der Waals surface area (Å²) in [6.07, 6.45) is 5.40. The molecule has 0 radical (unpaired) electrons. The van der Waals surface area contributed by atoms with Gasteiger partial charge in [0.2, 0.25) is 5.91 Å². The Labute approximate surface area is 138 Å². The van der Waals surface area contributed by atoms with Crippen LogP contribution in [-0.4, -0.2) is 28.7 Å². The molecule has 2 rings (SSSR count). The molecule has 1 fully saturated rings. The van der Waals surface area contributed by atoms with E-state index in [0.717, 1.165) is 30.2 Å². The number of carbonyl (C=O) groups excluding carboxylic acids is 1. The number of pyridine rings is 1. The Balaban J connectivity index is 1.89. The van der Waals surface area contributed by atoms with Crippen LogP contribution in [0.1, 0.15) is 32.6 Å². The van der Waals surface area contributed by atoms with Gasteiger partial charge in [-0.1, -0.05) is 0 Å². The molecular weight excluding hydrogens is 350 g/mol. The Morgan fingerprint density at radius 3 is 2.68 bits per heavy atom. The van der Waals surface area contributed by atoms with Crippen LogP contribution in [0, 0.1) is 0 Å². The molecule has 1 atom stereocenters. The zero-order valence-corrected chi connectivity index (χ0v) is 14.4. The third-order valence-corrected chi connectivity index (χ3v) is 4.62. The highest BCUT2D eigenvalue weighted by Gasteiger charge is 2.25. The number of nitrogens with two attached hydrogens (primary N) is 1. The first-order valence-electron chi connectivity index (χ1n) is 7.45. The average Bonchev–Trinajstić information content (AvgIpc) is 2.46. The highest BCUT2D eigenvalue weighted by Crippen LogP contribution is 2.28. The zero-order chi connectivity index (χ0) is 16.3. The summed E-state index contributed by atoms with van der Waals surface area (Å²) >= 11 is 3.42. The largest absolute Gasteiger partial charge is 0.489 e. The van der Waals surface area contributed by atoms with Crippen molar-refractivity contribution in [3.05, 3.63) is 27.1 Å². The lowest BCUT2D eigenvalue weighted by Gasteiger charge is -2.31. The second-order valence-corrected chi connectivity index (χ2v) is 6.67. The van der Waals surface area contributed by atoms with Gasteiger partial charge in [-0.05, 0) is 48.5 Å². The number of nitrogens with one attached hydrogen (secondary N) is 1. The number of nitrogens with zero attached hydrogens (tertiary/aromatic N) is 1. The van der Waals surface area contributed by atoms with Gasteiger partial charge in [-0.25, -0.2) is 0 Å². The van der Waals surface area contributed by atoms with E-state index in [2.05, 4.69) is 21.2 Å². The van der Waals surface area contributed by atoms with Gasteiger partial charge in [0.1, 0.15) is 5.75 Å². The SMILES string of the molecule is CC(NC1CCC(Oc2cc(=O)n(C)cc2Br)CC1)C(N)=O. The minimum atomic E-state index is -0.331. The quantitative estimate of drug-likeness (QED) is 0.816. The minimum absolute atomic E-state index is 0.0883. The predicted octanol–water partition coefficient (Wildman–Crippen LogP) is 1.30. The summed E-state index contributed by atoms with van der Waals surface area (Å²) in [6.45, 7) is 1.78. The third-order valence-electron chi connectivity index (χ3n) is 4.02. The number of primary amides is 1. The number of aromatic nitrogens is 1. The highest BCUT2D eigenvalue weighted by atomic mass is 79.9. The van der Waals surface area contributed by atoms with Gasteiger partial charge in [0, 0.05) is 25.4 Å². The van der Waals surface area contributed by atoms with Crippen LogP contribution in [-0.2, 0) is 11.8 Å². The van der Waals surface area contributed by atoms with Crippen molar-refractivity contribution in [3.8, 4) is 5.75 Å². The van der Waals surface area contributed by atoms with Gasteiger partial charge in [-0.2, -0.15) is 0 Å². The van der Waals surface area contributed by atoms with E-state index in [4.69, 9.17) is 10.5 Å². The summed E-state index contributed by atoms with van der Waals surface area (Å²) in [6, 6.07) is 1.48. The van der Waals surface area contributed by atoms with Crippen LogP contribution in [0.15, 0.2) is 21.5 Å². The Kier molecular flexibility index (Phi) is 5.63. The van der Waals surface area contributed by atoms with Crippen molar-refractivity contribution >= 4 is 21.8 Å². The van der Waals surface area contributed by atoms with Crippen molar-refractivity contribution in [2.24, 2.45) is 12.8 Å². The molecule has 1 heterocycles. The fraction of sp³-hybridized carbons (Fsp3) is 0.600. The Hall–Kier alpha value is -1.34. The average molecular weight is 372 g/mol. The van der Waals surface area contributed by atoms with Crippen LogP contribution in [0.3, 0.4) is 0 Å². The third kappa shape index (κ3) is 4.33. The van der Waals surface area contributed by atoms with Gasteiger partial charge < -0.3 is 20.4 Å². The molecule has 1 saturated carbocycles. The predicted molar refractivity (Wildman–Crippen MR) is 87.8 cm³/mol. The number of carbonyl (C=O) groups is 1. The lowest BCUT2D eigenvalue weighted by molar-refractivity contribution is -0.119. The van der Waals surface area contributed by atoms with E-state index in [1.54, 1.807) is 20.2 Å². The Morgan fingerprint density at radius 2 is 2.09 bits per heavy atom. The topological polar surface area (TPSA) is 86.3 Å². The second kappa shape index (κ2) is 7.28. The summed E-state index contributed by atoms with van der Waals surface area (Å²) < 4.78 is 8.22. The molecule has 1 aromatic heterocycles. The number of hydrogen-bond acceptors (Lipinski definition) is 4. The summed E-state index contributed by atoms with van der Waals surface area (Å²) in [7, 11) is 1.70. The molecule has 7 heteroatoms. The molecule has 1 amide bonds. The van der Waals surface area contributed by atoms with Crippen LogP contribution in [0.4, 0.5) is 0 Å². The molecule has 0 aliphatic heterocycles. The molecule has 1 aliphatic rings. The maximum atomic E-state index is 11.7.